The molecule has 0 bridgehead atoms. The number of hydrogen-bond acceptors (Lipinski definition) is 6. The Morgan fingerprint density at radius 1 is 1.15 bits per heavy atom. The average Bonchev–Trinajstić information content (AvgIpc) is 3.30. The van der Waals surface area contributed by atoms with Crippen LogP contribution >= 0.6 is 0 Å². The molecule has 1 aliphatic heterocycles. The Labute approximate surface area is 198 Å². The minimum Gasteiger partial charge on any atom is -0.480 e. The van der Waals surface area contributed by atoms with Gasteiger partial charge in [0.05, 0.1) is 4.90 Å². The quantitative estimate of drug-likeness (QED) is 0.120. The van der Waals surface area contributed by atoms with Gasteiger partial charge in [-0.05, 0) is 37.8 Å². The Bertz CT molecular complexity index is 971. The second-order valence-electron chi connectivity index (χ2n) is 7.94. The number of carbonyl (C=O) groups excluding carboxylic acids is 2. The zero-order valence-electron chi connectivity index (χ0n) is 18.8. The Morgan fingerprint density at radius 3 is 2.50 bits per heavy atom. The summed E-state index contributed by atoms with van der Waals surface area (Å²) in [5.41, 5.74) is 5.18. The molecule has 0 aliphatic carbocycles. The zero-order chi connectivity index (χ0) is 25.1. The van der Waals surface area contributed by atoms with E-state index in [0.717, 1.165) is 17.1 Å². The van der Waals surface area contributed by atoms with E-state index >= 15 is 0 Å². The molecule has 188 valence electrons. The summed E-state index contributed by atoms with van der Waals surface area (Å²) < 4.78 is 27.0. The van der Waals surface area contributed by atoms with Crippen molar-refractivity contribution in [3.8, 4) is 0 Å². The molecule has 1 fully saturated rings. The zero-order valence-corrected chi connectivity index (χ0v) is 19.6. The Kier molecular flexibility index (Phi) is 10.3. The van der Waals surface area contributed by atoms with Crippen molar-refractivity contribution in [3.63, 3.8) is 0 Å². The molecule has 2 atom stereocenters. The van der Waals surface area contributed by atoms with Gasteiger partial charge in [0.2, 0.25) is 21.8 Å². The van der Waals surface area contributed by atoms with E-state index in [1.807, 2.05) is 0 Å². The standard InChI is InChI=1S/C21H32N6O6S/c22-21(23)24-12-6-2-5-11-18(28)25-14-16(20(30)31)26-19(29)17-10-7-13-27(17)34(32,33)15-8-3-1-4-9-15/h1,3-4,8-9,16-17H,2,5-7,10-14H2,(H,25,28)(H,26,29)(H,30,31)(H4,22,23,24)/t16?,17-/m0/s1. The predicted octanol–water partition coefficient (Wildman–Crippen LogP) is -0.431. The summed E-state index contributed by atoms with van der Waals surface area (Å²) in [4.78, 5) is 36.5. The number of nitrogens with two attached hydrogens (primary N) is 1. The van der Waals surface area contributed by atoms with Crippen molar-refractivity contribution >= 4 is 33.8 Å². The molecule has 2 rings (SSSR count). The number of hydrogen-bond donors (Lipinski definition) is 6. The van der Waals surface area contributed by atoms with Crippen LogP contribution in [0.2, 0.25) is 0 Å². The summed E-state index contributed by atoms with van der Waals surface area (Å²) >= 11 is 0. The lowest BCUT2D eigenvalue weighted by Gasteiger charge is -2.25. The number of benzene rings is 1. The van der Waals surface area contributed by atoms with Gasteiger partial charge in [0.25, 0.3) is 0 Å². The number of amides is 2. The molecule has 34 heavy (non-hydrogen) atoms. The average molecular weight is 497 g/mol. The number of carboxylic acids is 1. The van der Waals surface area contributed by atoms with Crippen LogP contribution in [0.1, 0.15) is 38.5 Å². The first-order chi connectivity index (χ1) is 16.1. The molecule has 0 saturated carbocycles. The molecule has 1 saturated heterocycles. The van der Waals surface area contributed by atoms with Crippen LogP contribution in [-0.4, -0.2) is 73.3 Å². The first kappa shape index (κ1) is 27.1. The number of nitrogens with one attached hydrogen (secondary N) is 4. The van der Waals surface area contributed by atoms with Crippen LogP contribution in [0.4, 0.5) is 0 Å². The van der Waals surface area contributed by atoms with Crippen LogP contribution in [0, 0.1) is 5.41 Å². The Hall–Kier alpha value is -3.19. The fourth-order valence-electron chi connectivity index (χ4n) is 3.60. The number of guanidine groups is 1. The van der Waals surface area contributed by atoms with Crippen LogP contribution in [0.3, 0.4) is 0 Å². The van der Waals surface area contributed by atoms with E-state index in [0.29, 0.717) is 19.4 Å². The van der Waals surface area contributed by atoms with Gasteiger partial charge in [0.1, 0.15) is 12.1 Å². The predicted molar refractivity (Wildman–Crippen MR) is 124 cm³/mol. The number of aliphatic carboxylic acids is 1. The minimum absolute atomic E-state index is 0.0637. The molecule has 7 N–H and O–H groups in total. The van der Waals surface area contributed by atoms with Gasteiger partial charge < -0.3 is 26.8 Å². The van der Waals surface area contributed by atoms with Gasteiger partial charge in [-0.1, -0.05) is 24.6 Å². The van der Waals surface area contributed by atoms with Gasteiger partial charge in [-0.25, -0.2) is 13.2 Å². The van der Waals surface area contributed by atoms with E-state index < -0.39 is 34.0 Å². The molecule has 12 nitrogen and oxygen atoms in total. The second kappa shape index (κ2) is 12.9. The largest absolute Gasteiger partial charge is 0.480 e. The monoisotopic (exact) mass is 496 g/mol. The fraction of sp³-hybridized carbons (Fsp3) is 0.524. The van der Waals surface area contributed by atoms with Gasteiger partial charge >= 0.3 is 5.97 Å². The molecule has 1 aromatic rings. The van der Waals surface area contributed by atoms with Gasteiger partial charge in [-0.15, -0.1) is 0 Å². The SMILES string of the molecule is N=C(N)NCCCCCC(=O)NCC(NC(=O)[C@@H]1CCCN1S(=O)(=O)c1ccccc1)C(=O)O. The Balaban J connectivity index is 1.86. The Morgan fingerprint density at radius 2 is 1.85 bits per heavy atom. The van der Waals surface area contributed by atoms with Crippen LogP contribution in [0.15, 0.2) is 35.2 Å². The molecule has 2 amide bonds. The fourth-order valence-corrected chi connectivity index (χ4v) is 5.28. The third kappa shape index (κ3) is 7.99. The number of nitrogens with zero attached hydrogens (tertiary/aromatic N) is 1. The van der Waals surface area contributed by atoms with Gasteiger partial charge in [-0.3, -0.25) is 15.0 Å². The van der Waals surface area contributed by atoms with Crippen molar-refractivity contribution in [2.75, 3.05) is 19.6 Å². The maximum absolute atomic E-state index is 12.9. The van der Waals surface area contributed by atoms with Crippen LogP contribution in [0.25, 0.3) is 0 Å². The maximum atomic E-state index is 12.9. The summed E-state index contributed by atoms with van der Waals surface area (Å²) in [7, 11) is -3.90. The number of rotatable bonds is 13. The highest BCUT2D eigenvalue weighted by molar-refractivity contribution is 7.89. The highest BCUT2D eigenvalue weighted by atomic mass is 32.2. The van der Waals surface area contributed by atoms with Gasteiger partial charge in [0, 0.05) is 26.1 Å². The molecule has 0 spiro atoms. The minimum atomic E-state index is -3.90. The summed E-state index contributed by atoms with van der Waals surface area (Å²) in [5.74, 6) is -2.51. The highest BCUT2D eigenvalue weighted by Gasteiger charge is 2.40. The smallest absolute Gasteiger partial charge is 0.328 e. The highest BCUT2D eigenvalue weighted by Crippen LogP contribution is 2.26. The summed E-state index contributed by atoms with van der Waals surface area (Å²) in [5, 5.41) is 24.0. The summed E-state index contributed by atoms with van der Waals surface area (Å²) in [6.07, 6.45) is 2.95. The van der Waals surface area contributed by atoms with Crippen molar-refractivity contribution in [2.24, 2.45) is 5.73 Å². The van der Waals surface area contributed by atoms with Crippen molar-refractivity contribution in [3.05, 3.63) is 30.3 Å². The molecular weight excluding hydrogens is 464 g/mol. The molecule has 13 heteroatoms. The normalized spacial score (nSPS) is 17.0. The molecule has 1 aliphatic rings. The maximum Gasteiger partial charge on any atom is 0.328 e. The molecule has 1 unspecified atom stereocenters. The van der Waals surface area contributed by atoms with E-state index in [1.165, 1.54) is 12.1 Å². The molecular formula is C21H32N6O6S. The van der Waals surface area contributed by atoms with E-state index in [2.05, 4.69) is 16.0 Å². The topological polar surface area (TPSA) is 195 Å². The molecule has 0 aromatic heterocycles. The van der Waals surface area contributed by atoms with Crippen molar-refractivity contribution in [1.82, 2.24) is 20.3 Å². The van der Waals surface area contributed by atoms with Crippen molar-refractivity contribution in [2.45, 2.75) is 55.5 Å². The van der Waals surface area contributed by atoms with Gasteiger partial charge in [-0.2, -0.15) is 4.31 Å². The van der Waals surface area contributed by atoms with Crippen LogP contribution in [0.5, 0.6) is 0 Å². The lowest BCUT2D eigenvalue weighted by molar-refractivity contribution is -0.142. The molecule has 0 radical (unpaired) electrons. The molecule has 1 aromatic carbocycles. The number of sulfonamides is 1. The van der Waals surface area contributed by atoms with E-state index in [-0.39, 0.29) is 42.7 Å². The van der Waals surface area contributed by atoms with Crippen LogP contribution in [-0.2, 0) is 24.4 Å². The lowest BCUT2D eigenvalue weighted by Crippen LogP contribution is -2.54. The number of carbonyl (C=O) groups is 3. The van der Waals surface area contributed by atoms with E-state index in [9.17, 15) is 27.9 Å². The first-order valence-corrected chi connectivity index (χ1v) is 12.5. The number of unbranched alkanes of at least 4 members (excludes halogenated alkanes) is 2. The summed E-state index contributed by atoms with van der Waals surface area (Å²) in [6, 6.07) is 5.33. The first-order valence-electron chi connectivity index (χ1n) is 11.1. The van der Waals surface area contributed by atoms with Crippen molar-refractivity contribution in [1.29, 1.82) is 5.41 Å². The van der Waals surface area contributed by atoms with Crippen molar-refractivity contribution < 1.29 is 27.9 Å². The van der Waals surface area contributed by atoms with E-state index in [4.69, 9.17) is 11.1 Å². The lowest BCUT2D eigenvalue weighted by atomic mass is 10.1. The van der Waals surface area contributed by atoms with E-state index in [1.54, 1.807) is 18.2 Å². The molecule has 1 heterocycles. The third-order valence-electron chi connectivity index (χ3n) is 5.37. The van der Waals surface area contributed by atoms with Gasteiger partial charge in [0.15, 0.2) is 5.96 Å². The third-order valence-corrected chi connectivity index (χ3v) is 7.29. The second-order valence-corrected chi connectivity index (χ2v) is 9.83. The number of carboxylic acid groups (broad SMARTS) is 1. The van der Waals surface area contributed by atoms with Crippen LogP contribution < -0.4 is 21.7 Å². The summed E-state index contributed by atoms with van der Waals surface area (Å²) in [6.45, 7) is 0.373.